The molecule has 0 aromatic carbocycles. The number of carbonyl (C=O) groups excluding carboxylic acids is 1. The van der Waals surface area contributed by atoms with Crippen molar-refractivity contribution in [1.82, 2.24) is 19.8 Å². The third-order valence-corrected chi connectivity index (χ3v) is 5.18. The molecule has 27 heavy (non-hydrogen) atoms. The van der Waals surface area contributed by atoms with Crippen molar-refractivity contribution in [2.75, 3.05) is 32.7 Å². The van der Waals surface area contributed by atoms with Gasteiger partial charge in [-0.05, 0) is 79.1 Å². The molecule has 3 heterocycles. The molecule has 0 bridgehead atoms. The molecule has 0 saturated carbocycles. The summed E-state index contributed by atoms with van der Waals surface area (Å²) in [4.78, 5) is 17.1. The number of hydrogen-bond acceptors (Lipinski definition) is 5. The minimum atomic E-state index is -0.318. The molecule has 0 aliphatic carbocycles. The van der Waals surface area contributed by atoms with Crippen LogP contribution in [0.2, 0.25) is 0 Å². The van der Waals surface area contributed by atoms with E-state index in [0.29, 0.717) is 12.4 Å². The Bertz CT molecular complexity index is 553. The Morgan fingerprint density at radius 1 is 1.22 bits per heavy atom. The summed E-state index contributed by atoms with van der Waals surface area (Å²) in [5.74, 6) is 2.01. The van der Waals surface area contributed by atoms with Crippen molar-refractivity contribution in [2.24, 2.45) is 0 Å². The van der Waals surface area contributed by atoms with Gasteiger partial charge in [0.1, 0.15) is 11.4 Å². The Hall–Kier alpha value is -1.40. The van der Waals surface area contributed by atoms with Crippen molar-refractivity contribution in [1.29, 1.82) is 0 Å². The normalized spacial score (nSPS) is 18.8. The molecule has 154 valence electrons. The number of imidazole rings is 1. The molecule has 6 heteroatoms. The van der Waals surface area contributed by atoms with Crippen LogP contribution in [0, 0.1) is 0 Å². The molecule has 2 fully saturated rings. The van der Waals surface area contributed by atoms with Gasteiger partial charge in [0.05, 0.1) is 5.69 Å². The van der Waals surface area contributed by atoms with E-state index < -0.39 is 0 Å². The predicted octanol–water partition coefficient (Wildman–Crippen LogP) is 2.97. The number of ether oxygens (including phenoxy) is 1. The lowest BCUT2D eigenvalue weighted by Gasteiger charge is -2.24. The van der Waals surface area contributed by atoms with Gasteiger partial charge >= 0.3 is 0 Å². The van der Waals surface area contributed by atoms with Crippen molar-refractivity contribution >= 4 is 6.47 Å². The maximum absolute atomic E-state index is 9.60. The second-order valence-corrected chi connectivity index (χ2v) is 8.54. The first-order valence-corrected chi connectivity index (χ1v) is 10.5. The summed E-state index contributed by atoms with van der Waals surface area (Å²) in [6, 6.07) is 0. The second-order valence-electron chi connectivity index (χ2n) is 8.54. The zero-order valence-corrected chi connectivity index (χ0v) is 17.7. The van der Waals surface area contributed by atoms with Gasteiger partial charge in [0.25, 0.3) is 6.47 Å². The van der Waals surface area contributed by atoms with Gasteiger partial charge in [-0.1, -0.05) is 6.92 Å². The predicted molar refractivity (Wildman–Crippen MR) is 109 cm³/mol. The number of hydrogen-bond donors (Lipinski definition) is 1. The number of aryl methyl sites for hydroxylation is 1. The van der Waals surface area contributed by atoms with Crippen LogP contribution in [0.5, 0.6) is 0 Å². The lowest BCUT2D eigenvalue weighted by Crippen LogP contribution is -2.29. The molecular formula is C21H38N4O2. The summed E-state index contributed by atoms with van der Waals surface area (Å²) < 4.78 is 7.00. The van der Waals surface area contributed by atoms with E-state index in [1.54, 1.807) is 0 Å². The first-order chi connectivity index (χ1) is 12.9. The number of aromatic nitrogens is 2. The standard InChI is InChI=1S/C16H28N4.C5H10O2/c1-2-15-13-20(12-11-19-9-3-4-10-19)16(18-15)14-5-7-17-8-6-14;1-5(2,3)7-4-6/h13-14,17H,2-12H2,1H3;4H,1-3H3. The third-order valence-electron chi connectivity index (χ3n) is 5.18. The topological polar surface area (TPSA) is 59.4 Å². The number of nitrogens with zero attached hydrogens (tertiary/aromatic N) is 3. The van der Waals surface area contributed by atoms with Crippen molar-refractivity contribution < 1.29 is 9.53 Å². The molecule has 6 nitrogen and oxygen atoms in total. The molecule has 0 spiro atoms. The molecule has 0 atom stereocenters. The molecule has 0 amide bonds. The van der Waals surface area contributed by atoms with Crippen LogP contribution >= 0.6 is 0 Å². The number of piperidine rings is 1. The fourth-order valence-corrected chi connectivity index (χ4v) is 3.64. The number of rotatable bonds is 6. The van der Waals surface area contributed by atoms with E-state index in [1.807, 2.05) is 20.8 Å². The van der Waals surface area contributed by atoms with Gasteiger partial charge < -0.3 is 19.5 Å². The van der Waals surface area contributed by atoms with Gasteiger partial charge in [0, 0.05) is 25.2 Å². The SMILES string of the molecule is CC(C)(C)OC=O.CCc1cn(CCN2CCCC2)c(C2CCNCC2)n1. The van der Waals surface area contributed by atoms with E-state index in [2.05, 4.69) is 32.6 Å². The van der Waals surface area contributed by atoms with E-state index >= 15 is 0 Å². The van der Waals surface area contributed by atoms with Gasteiger partial charge in [-0.3, -0.25) is 4.79 Å². The smallest absolute Gasteiger partial charge is 0.293 e. The molecule has 2 saturated heterocycles. The lowest BCUT2D eigenvalue weighted by molar-refractivity contribution is -0.138. The first-order valence-electron chi connectivity index (χ1n) is 10.5. The Morgan fingerprint density at radius 2 is 1.89 bits per heavy atom. The second kappa shape index (κ2) is 10.8. The van der Waals surface area contributed by atoms with Crippen molar-refractivity contribution in [3.05, 3.63) is 17.7 Å². The highest BCUT2D eigenvalue weighted by molar-refractivity contribution is 5.37. The molecule has 1 aromatic heterocycles. The Balaban J connectivity index is 0.000000321. The maximum Gasteiger partial charge on any atom is 0.293 e. The molecule has 3 rings (SSSR count). The number of carbonyl (C=O) groups is 1. The van der Waals surface area contributed by atoms with Crippen LogP contribution in [0.25, 0.3) is 0 Å². The highest BCUT2D eigenvalue weighted by Crippen LogP contribution is 2.25. The molecule has 2 aliphatic heterocycles. The van der Waals surface area contributed by atoms with E-state index in [9.17, 15) is 4.79 Å². The van der Waals surface area contributed by atoms with Crippen LogP contribution in [-0.2, 0) is 22.5 Å². The molecule has 0 radical (unpaired) electrons. The summed E-state index contributed by atoms with van der Waals surface area (Å²) in [6.07, 6.45) is 8.59. The zero-order chi connectivity index (χ0) is 19.7. The van der Waals surface area contributed by atoms with Gasteiger partial charge in [-0.25, -0.2) is 4.98 Å². The third kappa shape index (κ3) is 7.62. The van der Waals surface area contributed by atoms with Crippen molar-refractivity contribution in [2.45, 2.75) is 77.9 Å². The summed E-state index contributed by atoms with van der Waals surface area (Å²) in [5.41, 5.74) is 0.946. The largest absolute Gasteiger partial charge is 0.462 e. The van der Waals surface area contributed by atoms with Crippen LogP contribution in [0.1, 0.15) is 70.8 Å². The maximum atomic E-state index is 9.60. The molecule has 2 aliphatic rings. The van der Waals surface area contributed by atoms with E-state index in [1.165, 1.54) is 56.8 Å². The lowest BCUT2D eigenvalue weighted by atomic mass is 9.97. The molecular weight excluding hydrogens is 340 g/mol. The summed E-state index contributed by atoms with van der Waals surface area (Å²) in [7, 11) is 0. The van der Waals surface area contributed by atoms with Gasteiger partial charge in [0.2, 0.25) is 0 Å². The summed E-state index contributed by atoms with van der Waals surface area (Å²) >= 11 is 0. The highest BCUT2D eigenvalue weighted by Gasteiger charge is 2.21. The summed E-state index contributed by atoms with van der Waals surface area (Å²) in [6.45, 7) is 15.3. The fraction of sp³-hybridized carbons (Fsp3) is 0.810. The molecule has 1 N–H and O–H groups in total. The van der Waals surface area contributed by atoms with E-state index in [0.717, 1.165) is 26.1 Å². The Labute approximate surface area is 164 Å². The Kier molecular flexibility index (Phi) is 8.77. The van der Waals surface area contributed by atoms with E-state index in [4.69, 9.17) is 4.98 Å². The quantitative estimate of drug-likeness (QED) is 0.771. The zero-order valence-electron chi connectivity index (χ0n) is 17.7. The molecule has 0 unspecified atom stereocenters. The van der Waals surface area contributed by atoms with Gasteiger partial charge in [0.15, 0.2) is 0 Å². The molecule has 1 aromatic rings. The average molecular weight is 379 g/mol. The Morgan fingerprint density at radius 3 is 2.41 bits per heavy atom. The monoisotopic (exact) mass is 378 g/mol. The first kappa shape index (κ1) is 21.9. The fourth-order valence-electron chi connectivity index (χ4n) is 3.64. The van der Waals surface area contributed by atoms with Crippen molar-refractivity contribution in [3.8, 4) is 0 Å². The minimum Gasteiger partial charge on any atom is -0.462 e. The number of likely N-dealkylation sites (tertiary alicyclic amines) is 1. The van der Waals surface area contributed by atoms with Gasteiger partial charge in [-0.2, -0.15) is 0 Å². The van der Waals surface area contributed by atoms with Crippen LogP contribution in [0.3, 0.4) is 0 Å². The van der Waals surface area contributed by atoms with E-state index in [-0.39, 0.29) is 5.60 Å². The van der Waals surface area contributed by atoms with Crippen LogP contribution in [0.4, 0.5) is 0 Å². The summed E-state index contributed by atoms with van der Waals surface area (Å²) in [5, 5.41) is 3.46. The van der Waals surface area contributed by atoms with Crippen LogP contribution < -0.4 is 5.32 Å². The number of nitrogens with one attached hydrogen (secondary N) is 1. The minimum absolute atomic E-state index is 0.318. The van der Waals surface area contributed by atoms with Gasteiger partial charge in [-0.15, -0.1) is 0 Å². The highest BCUT2D eigenvalue weighted by atomic mass is 16.5. The van der Waals surface area contributed by atoms with Crippen molar-refractivity contribution in [3.63, 3.8) is 0 Å². The van der Waals surface area contributed by atoms with Crippen LogP contribution in [-0.4, -0.2) is 59.2 Å². The van der Waals surface area contributed by atoms with Crippen LogP contribution in [0.15, 0.2) is 6.20 Å². The average Bonchev–Trinajstić information content (AvgIpc) is 3.30.